The summed E-state index contributed by atoms with van der Waals surface area (Å²) in [6, 6.07) is 9.52. The van der Waals surface area contributed by atoms with E-state index in [4.69, 9.17) is 4.52 Å². The van der Waals surface area contributed by atoms with Crippen molar-refractivity contribution in [3.8, 4) is 0 Å². The molecule has 3 aromatic rings. The van der Waals surface area contributed by atoms with E-state index in [0.29, 0.717) is 11.5 Å². The number of aromatic amines is 1. The molecule has 0 bridgehead atoms. The van der Waals surface area contributed by atoms with Gasteiger partial charge in [0.05, 0.1) is 0 Å². The van der Waals surface area contributed by atoms with E-state index in [1.807, 2.05) is 24.3 Å². The molecular weight excluding hydrogens is 232 g/mol. The summed E-state index contributed by atoms with van der Waals surface area (Å²) in [6.45, 7) is 1.68. The molecule has 6 nitrogen and oxygen atoms in total. The Kier molecular flexibility index (Phi) is 2.33. The van der Waals surface area contributed by atoms with E-state index in [0.717, 1.165) is 10.9 Å². The molecule has 0 atom stereocenters. The van der Waals surface area contributed by atoms with Crippen molar-refractivity contribution in [1.82, 2.24) is 15.1 Å². The topological polar surface area (TPSA) is 83.8 Å². The van der Waals surface area contributed by atoms with Gasteiger partial charge in [-0.3, -0.25) is 10.1 Å². The Morgan fingerprint density at radius 1 is 1.39 bits per heavy atom. The highest BCUT2D eigenvalue weighted by Gasteiger charge is 2.12. The number of rotatable bonds is 2. The van der Waals surface area contributed by atoms with Crippen LogP contribution in [-0.4, -0.2) is 21.0 Å². The fourth-order valence-electron chi connectivity index (χ4n) is 1.71. The van der Waals surface area contributed by atoms with Gasteiger partial charge in [0.2, 0.25) is 0 Å². The number of benzene rings is 1. The van der Waals surface area contributed by atoms with Gasteiger partial charge >= 0.3 is 6.01 Å². The van der Waals surface area contributed by atoms with E-state index < -0.39 is 0 Å². The zero-order valence-electron chi connectivity index (χ0n) is 9.60. The van der Waals surface area contributed by atoms with Gasteiger partial charge in [-0.2, -0.15) is 4.98 Å². The summed E-state index contributed by atoms with van der Waals surface area (Å²) in [7, 11) is 0. The number of carbonyl (C=O) groups excluding carboxylic acids is 1. The Labute approximate surface area is 102 Å². The quantitative estimate of drug-likeness (QED) is 0.720. The smallest absolute Gasteiger partial charge is 0.328 e. The number of nitrogens with zero attached hydrogens (tertiary/aromatic N) is 2. The van der Waals surface area contributed by atoms with E-state index in [1.165, 1.54) is 0 Å². The molecule has 3 rings (SSSR count). The predicted octanol–water partition coefficient (Wildman–Crippen LogP) is 2.11. The number of H-pyrrole nitrogens is 1. The Morgan fingerprint density at radius 3 is 2.94 bits per heavy atom. The van der Waals surface area contributed by atoms with Crippen molar-refractivity contribution >= 4 is 22.8 Å². The zero-order valence-corrected chi connectivity index (χ0v) is 9.60. The van der Waals surface area contributed by atoms with E-state index in [2.05, 4.69) is 20.4 Å². The highest BCUT2D eigenvalue weighted by Crippen LogP contribution is 2.15. The van der Waals surface area contributed by atoms with Gasteiger partial charge in [0.1, 0.15) is 5.69 Å². The van der Waals surface area contributed by atoms with E-state index in [1.54, 1.807) is 13.0 Å². The maximum Gasteiger partial charge on any atom is 0.328 e. The Bertz CT molecular complexity index is 681. The molecule has 0 spiro atoms. The number of aromatic nitrogens is 3. The lowest BCUT2D eigenvalue weighted by molar-refractivity contribution is 0.101. The number of aryl methyl sites for hydroxylation is 1. The van der Waals surface area contributed by atoms with Gasteiger partial charge in [0, 0.05) is 10.9 Å². The molecule has 0 aliphatic rings. The van der Waals surface area contributed by atoms with E-state index >= 15 is 0 Å². The Hall–Kier alpha value is -2.63. The Morgan fingerprint density at radius 2 is 2.22 bits per heavy atom. The van der Waals surface area contributed by atoms with Crippen LogP contribution in [0.5, 0.6) is 0 Å². The molecule has 90 valence electrons. The first-order chi connectivity index (χ1) is 8.72. The third kappa shape index (κ3) is 1.84. The van der Waals surface area contributed by atoms with Crippen LogP contribution in [0.4, 0.5) is 6.01 Å². The number of hydrogen-bond donors (Lipinski definition) is 2. The molecule has 1 aromatic carbocycles. The maximum absolute atomic E-state index is 11.9. The van der Waals surface area contributed by atoms with Crippen molar-refractivity contribution in [2.75, 3.05) is 5.32 Å². The summed E-state index contributed by atoms with van der Waals surface area (Å²) in [6.07, 6.45) is 0. The highest BCUT2D eigenvalue weighted by molar-refractivity contribution is 6.04. The molecule has 2 N–H and O–H groups in total. The van der Waals surface area contributed by atoms with Gasteiger partial charge in [-0.15, -0.1) is 0 Å². The van der Waals surface area contributed by atoms with Crippen LogP contribution in [0.1, 0.15) is 16.3 Å². The molecule has 0 unspecified atom stereocenters. The fourth-order valence-corrected chi connectivity index (χ4v) is 1.71. The highest BCUT2D eigenvalue weighted by atomic mass is 16.5. The number of carbonyl (C=O) groups is 1. The summed E-state index contributed by atoms with van der Waals surface area (Å²) < 4.78 is 4.82. The first-order valence-corrected chi connectivity index (χ1v) is 5.42. The summed E-state index contributed by atoms with van der Waals surface area (Å²) in [5, 5.41) is 7.10. The van der Waals surface area contributed by atoms with Crippen LogP contribution in [0.25, 0.3) is 10.9 Å². The lowest BCUT2D eigenvalue weighted by atomic mass is 10.2. The molecule has 2 heterocycles. The molecule has 2 aromatic heterocycles. The lowest BCUT2D eigenvalue weighted by Gasteiger charge is -1.95. The van der Waals surface area contributed by atoms with Crippen molar-refractivity contribution < 1.29 is 9.32 Å². The monoisotopic (exact) mass is 242 g/mol. The molecule has 6 heteroatoms. The molecule has 0 aliphatic carbocycles. The predicted molar refractivity (Wildman–Crippen MR) is 65.3 cm³/mol. The zero-order chi connectivity index (χ0) is 12.5. The Balaban J connectivity index is 1.87. The fraction of sp³-hybridized carbons (Fsp3) is 0.0833. The number of amides is 1. The van der Waals surface area contributed by atoms with Crippen molar-refractivity contribution in [1.29, 1.82) is 0 Å². The van der Waals surface area contributed by atoms with Gasteiger partial charge in [0.25, 0.3) is 5.91 Å². The average molecular weight is 242 g/mol. The van der Waals surface area contributed by atoms with Crippen LogP contribution in [0, 0.1) is 6.92 Å². The molecule has 0 saturated carbocycles. The summed E-state index contributed by atoms with van der Waals surface area (Å²) in [5.74, 6) is 0.164. The number of nitrogens with one attached hydrogen (secondary N) is 2. The van der Waals surface area contributed by atoms with Crippen LogP contribution in [-0.2, 0) is 0 Å². The van der Waals surface area contributed by atoms with E-state index in [9.17, 15) is 4.79 Å². The van der Waals surface area contributed by atoms with Crippen LogP contribution in [0.15, 0.2) is 34.9 Å². The molecule has 1 amide bonds. The van der Waals surface area contributed by atoms with E-state index in [-0.39, 0.29) is 11.9 Å². The number of para-hydroxylation sites is 1. The third-order valence-electron chi connectivity index (χ3n) is 2.52. The minimum Gasteiger partial charge on any atom is -0.351 e. The molecule has 18 heavy (non-hydrogen) atoms. The maximum atomic E-state index is 11.9. The van der Waals surface area contributed by atoms with Crippen LogP contribution >= 0.6 is 0 Å². The number of anilines is 1. The summed E-state index contributed by atoms with van der Waals surface area (Å²) in [4.78, 5) is 18.8. The summed E-state index contributed by atoms with van der Waals surface area (Å²) >= 11 is 0. The van der Waals surface area contributed by atoms with Gasteiger partial charge < -0.3 is 9.51 Å². The first-order valence-electron chi connectivity index (χ1n) is 5.42. The minimum absolute atomic E-state index is 0.0937. The molecule has 0 saturated heterocycles. The minimum atomic E-state index is -0.310. The molecular formula is C12H10N4O2. The van der Waals surface area contributed by atoms with Crippen molar-refractivity contribution in [3.05, 3.63) is 41.9 Å². The number of fused-ring (bicyclic) bond motifs is 1. The standard InChI is InChI=1S/C12H10N4O2/c1-7-13-12(18-16-7)15-11(17)10-6-8-4-2-3-5-9(8)14-10/h2-6,14H,1H3,(H,13,15,16,17). The lowest BCUT2D eigenvalue weighted by Crippen LogP contribution is -2.12. The molecule has 0 fully saturated rings. The van der Waals surface area contributed by atoms with Crippen LogP contribution in [0.2, 0.25) is 0 Å². The van der Waals surface area contributed by atoms with Gasteiger partial charge in [-0.05, 0) is 19.1 Å². The normalized spacial score (nSPS) is 10.7. The molecule has 0 radical (unpaired) electrons. The van der Waals surface area contributed by atoms with Crippen molar-refractivity contribution in [2.24, 2.45) is 0 Å². The largest absolute Gasteiger partial charge is 0.351 e. The SMILES string of the molecule is Cc1noc(NC(=O)c2cc3ccccc3[nH]2)n1. The second-order valence-electron chi connectivity index (χ2n) is 3.87. The molecule has 0 aliphatic heterocycles. The second-order valence-corrected chi connectivity index (χ2v) is 3.87. The van der Waals surface area contributed by atoms with Crippen molar-refractivity contribution in [3.63, 3.8) is 0 Å². The summed E-state index contributed by atoms with van der Waals surface area (Å²) in [5.41, 5.74) is 1.36. The number of hydrogen-bond acceptors (Lipinski definition) is 4. The van der Waals surface area contributed by atoms with Crippen molar-refractivity contribution in [2.45, 2.75) is 6.92 Å². The first kappa shape index (κ1) is 10.5. The van der Waals surface area contributed by atoms with Gasteiger partial charge in [0.15, 0.2) is 5.82 Å². The van der Waals surface area contributed by atoms with Crippen LogP contribution in [0.3, 0.4) is 0 Å². The average Bonchev–Trinajstić information content (AvgIpc) is 2.95. The van der Waals surface area contributed by atoms with Gasteiger partial charge in [-0.25, -0.2) is 0 Å². The third-order valence-corrected chi connectivity index (χ3v) is 2.52. The second kappa shape index (κ2) is 3.99. The van der Waals surface area contributed by atoms with Crippen LogP contribution < -0.4 is 5.32 Å². The van der Waals surface area contributed by atoms with Gasteiger partial charge in [-0.1, -0.05) is 23.4 Å².